The smallest absolute Gasteiger partial charge is 0.411 e. The highest BCUT2D eigenvalue weighted by Gasteiger charge is 2.49. The Morgan fingerprint density at radius 1 is 1.11 bits per heavy atom. The maximum absolute atomic E-state index is 12.8. The first-order chi connectivity index (χ1) is 13.3. The molecule has 1 saturated heterocycles. The number of rotatable bonds is 5. The lowest BCUT2D eigenvalue weighted by Crippen LogP contribution is -2.48. The number of carbonyl (C=O) groups excluding carboxylic acids is 2. The zero-order valence-corrected chi connectivity index (χ0v) is 17.4. The standard InChI is InChI=1S/C23H33NO4/c1-23(2,3)28-22(26)24-19-14-8-7-13-18(19)16-20(24)21(25)27-15-9-12-17-10-5-4-6-11-17/h4-6,10-11,18-20H,7-9,12-16H2,1-3H3. The third-order valence-corrected chi connectivity index (χ3v) is 5.66. The largest absolute Gasteiger partial charge is 0.464 e. The van der Waals surface area contributed by atoms with E-state index in [0.717, 1.165) is 32.1 Å². The van der Waals surface area contributed by atoms with Gasteiger partial charge in [0.1, 0.15) is 11.6 Å². The van der Waals surface area contributed by atoms with Gasteiger partial charge < -0.3 is 9.47 Å². The van der Waals surface area contributed by atoms with Gasteiger partial charge in [-0.1, -0.05) is 43.2 Å². The molecule has 3 atom stereocenters. The Labute approximate surface area is 168 Å². The van der Waals surface area contributed by atoms with Crippen molar-refractivity contribution >= 4 is 12.1 Å². The molecule has 1 aliphatic heterocycles. The minimum absolute atomic E-state index is 0.102. The summed E-state index contributed by atoms with van der Waals surface area (Å²) in [5.74, 6) is 0.0939. The molecule has 1 aromatic rings. The Morgan fingerprint density at radius 3 is 2.54 bits per heavy atom. The number of ether oxygens (including phenoxy) is 2. The van der Waals surface area contributed by atoms with E-state index < -0.39 is 11.6 Å². The number of likely N-dealkylation sites (tertiary alicyclic amines) is 1. The second-order valence-electron chi connectivity index (χ2n) is 9.01. The summed E-state index contributed by atoms with van der Waals surface area (Å²) < 4.78 is 11.2. The fourth-order valence-corrected chi connectivity index (χ4v) is 4.44. The first-order valence-corrected chi connectivity index (χ1v) is 10.6. The SMILES string of the molecule is CC(C)(C)OC(=O)N1C(C(=O)OCCCc2ccccc2)CC2CCCCC21. The molecule has 154 valence electrons. The molecule has 2 fully saturated rings. The maximum atomic E-state index is 12.8. The summed E-state index contributed by atoms with van der Waals surface area (Å²) in [6, 6.07) is 9.77. The van der Waals surface area contributed by atoms with Crippen LogP contribution in [-0.4, -0.2) is 41.3 Å². The molecule has 2 aliphatic rings. The van der Waals surface area contributed by atoms with Crippen molar-refractivity contribution < 1.29 is 19.1 Å². The molecule has 5 nitrogen and oxygen atoms in total. The van der Waals surface area contributed by atoms with E-state index in [2.05, 4.69) is 12.1 Å². The van der Waals surface area contributed by atoms with Gasteiger partial charge in [0.15, 0.2) is 0 Å². The van der Waals surface area contributed by atoms with E-state index in [4.69, 9.17) is 9.47 Å². The summed E-state index contributed by atoms with van der Waals surface area (Å²) >= 11 is 0. The number of hydrogen-bond donors (Lipinski definition) is 0. The van der Waals surface area contributed by atoms with Crippen LogP contribution in [0, 0.1) is 5.92 Å². The first kappa shape index (κ1) is 20.7. The number of aryl methyl sites for hydroxylation is 1. The second-order valence-corrected chi connectivity index (χ2v) is 9.01. The molecule has 1 aromatic carbocycles. The summed E-state index contributed by atoms with van der Waals surface area (Å²) in [7, 11) is 0. The van der Waals surface area contributed by atoms with Crippen LogP contribution in [-0.2, 0) is 20.7 Å². The maximum Gasteiger partial charge on any atom is 0.411 e. The zero-order chi connectivity index (χ0) is 20.1. The van der Waals surface area contributed by atoms with E-state index >= 15 is 0 Å². The van der Waals surface area contributed by atoms with Crippen molar-refractivity contribution in [1.82, 2.24) is 4.90 Å². The van der Waals surface area contributed by atoms with E-state index in [9.17, 15) is 9.59 Å². The quantitative estimate of drug-likeness (QED) is 0.541. The lowest BCUT2D eigenvalue weighted by molar-refractivity contribution is -0.149. The molecule has 0 aromatic heterocycles. The number of amides is 1. The lowest BCUT2D eigenvalue weighted by atomic mass is 9.85. The van der Waals surface area contributed by atoms with E-state index in [0.29, 0.717) is 18.9 Å². The van der Waals surface area contributed by atoms with Crippen LogP contribution in [0.15, 0.2) is 30.3 Å². The Bertz CT molecular complexity index is 667. The van der Waals surface area contributed by atoms with Crippen molar-refractivity contribution in [1.29, 1.82) is 0 Å². The molecular weight excluding hydrogens is 354 g/mol. The van der Waals surface area contributed by atoms with E-state index in [1.807, 2.05) is 39.0 Å². The summed E-state index contributed by atoms with van der Waals surface area (Å²) in [6.07, 6.45) is 6.25. The molecule has 3 unspecified atom stereocenters. The van der Waals surface area contributed by atoms with Gasteiger partial charge in [0.05, 0.1) is 6.61 Å². The summed E-state index contributed by atoms with van der Waals surface area (Å²) in [4.78, 5) is 27.3. The number of esters is 1. The normalized spacial score (nSPS) is 24.5. The molecule has 0 spiro atoms. The highest BCUT2D eigenvalue weighted by Crippen LogP contribution is 2.40. The Morgan fingerprint density at radius 2 is 1.82 bits per heavy atom. The van der Waals surface area contributed by atoms with Gasteiger partial charge in [-0.25, -0.2) is 9.59 Å². The highest BCUT2D eigenvalue weighted by molar-refractivity contribution is 5.82. The number of carbonyl (C=O) groups is 2. The lowest BCUT2D eigenvalue weighted by Gasteiger charge is -2.34. The molecule has 1 saturated carbocycles. The van der Waals surface area contributed by atoms with Gasteiger partial charge in [-0.05, 0) is 64.4 Å². The van der Waals surface area contributed by atoms with Crippen molar-refractivity contribution in [2.45, 2.75) is 83.4 Å². The Balaban J connectivity index is 1.58. The van der Waals surface area contributed by atoms with Crippen molar-refractivity contribution in [3.63, 3.8) is 0 Å². The van der Waals surface area contributed by atoms with Gasteiger partial charge in [-0.3, -0.25) is 4.90 Å². The average molecular weight is 388 g/mol. The fourth-order valence-electron chi connectivity index (χ4n) is 4.44. The number of hydrogen-bond acceptors (Lipinski definition) is 4. The van der Waals surface area contributed by atoms with Crippen molar-refractivity contribution in [3.05, 3.63) is 35.9 Å². The summed E-state index contributed by atoms with van der Waals surface area (Å²) in [6.45, 7) is 5.95. The predicted molar refractivity (Wildman–Crippen MR) is 108 cm³/mol. The number of fused-ring (bicyclic) bond motifs is 1. The molecule has 0 N–H and O–H groups in total. The first-order valence-electron chi connectivity index (χ1n) is 10.6. The highest BCUT2D eigenvalue weighted by atomic mass is 16.6. The molecule has 1 aliphatic carbocycles. The minimum atomic E-state index is -0.575. The van der Waals surface area contributed by atoms with Gasteiger partial charge in [-0.15, -0.1) is 0 Å². The summed E-state index contributed by atoms with van der Waals surface area (Å²) in [5.41, 5.74) is 0.661. The topological polar surface area (TPSA) is 55.8 Å². The molecule has 1 heterocycles. The van der Waals surface area contributed by atoms with E-state index in [1.165, 1.54) is 12.0 Å². The molecule has 0 bridgehead atoms. The van der Waals surface area contributed by atoms with Crippen molar-refractivity contribution in [3.8, 4) is 0 Å². The van der Waals surface area contributed by atoms with Gasteiger partial charge in [0.2, 0.25) is 0 Å². The van der Waals surface area contributed by atoms with Crippen LogP contribution in [0.25, 0.3) is 0 Å². The van der Waals surface area contributed by atoms with Crippen LogP contribution in [0.4, 0.5) is 4.79 Å². The van der Waals surface area contributed by atoms with Crippen LogP contribution < -0.4 is 0 Å². The molecule has 0 radical (unpaired) electrons. The molecule has 3 rings (SSSR count). The zero-order valence-electron chi connectivity index (χ0n) is 17.4. The average Bonchev–Trinajstić information content (AvgIpc) is 3.04. The third-order valence-electron chi connectivity index (χ3n) is 5.66. The van der Waals surface area contributed by atoms with Gasteiger partial charge in [0, 0.05) is 6.04 Å². The molecule has 5 heteroatoms. The molecular formula is C23H33NO4. The van der Waals surface area contributed by atoms with Crippen LogP contribution in [0.3, 0.4) is 0 Å². The number of benzene rings is 1. The van der Waals surface area contributed by atoms with E-state index in [1.54, 1.807) is 4.90 Å². The second kappa shape index (κ2) is 8.97. The fraction of sp³-hybridized carbons (Fsp3) is 0.652. The Kier molecular flexibility index (Phi) is 6.63. The minimum Gasteiger partial charge on any atom is -0.464 e. The van der Waals surface area contributed by atoms with E-state index in [-0.39, 0.29) is 18.1 Å². The molecule has 1 amide bonds. The van der Waals surface area contributed by atoms with Crippen LogP contribution in [0.5, 0.6) is 0 Å². The van der Waals surface area contributed by atoms with Gasteiger partial charge >= 0.3 is 12.1 Å². The van der Waals surface area contributed by atoms with Crippen LogP contribution >= 0.6 is 0 Å². The van der Waals surface area contributed by atoms with Crippen LogP contribution in [0.2, 0.25) is 0 Å². The third kappa shape index (κ3) is 5.27. The Hall–Kier alpha value is -2.04. The predicted octanol–water partition coefficient (Wildman–Crippen LogP) is 4.73. The monoisotopic (exact) mass is 387 g/mol. The van der Waals surface area contributed by atoms with Gasteiger partial charge in [-0.2, -0.15) is 0 Å². The summed E-state index contributed by atoms with van der Waals surface area (Å²) in [5, 5.41) is 0. The molecule has 28 heavy (non-hydrogen) atoms. The van der Waals surface area contributed by atoms with Crippen molar-refractivity contribution in [2.75, 3.05) is 6.61 Å². The number of nitrogens with zero attached hydrogens (tertiary/aromatic N) is 1. The van der Waals surface area contributed by atoms with Crippen molar-refractivity contribution in [2.24, 2.45) is 5.92 Å². The van der Waals surface area contributed by atoms with Gasteiger partial charge in [0.25, 0.3) is 0 Å². The van der Waals surface area contributed by atoms with Crippen LogP contribution in [0.1, 0.15) is 64.9 Å².